The molecule has 0 aromatic carbocycles. The van der Waals surface area contributed by atoms with Crippen molar-refractivity contribution in [3.63, 3.8) is 0 Å². The van der Waals surface area contributed by atoms with Gasteiger partial charge in [-0.15, -0.1) is 0 Å². The number of nitrogens with zero attached hydrogens (tertiary/aromatic N) is 1. The van der Waals surface area contributed by atoms with Crippen molar-refractivity contribution in [2.75, 3.05) is 0 Å². The van der Waals surface area contributed by atoms with E-state index in [0.29, 0.717) is 0 Å². The Bertz CT molecular complexity index is 52.5. The van der Waals surface area contributed by atoms with Gasteiger partial charge in [0.15, 0.2) is 0 Å². The van der Waals surface area contributed by atoms with Crippen LogP contribution in [-0.2, 0) is 3.12 Å². The van der Waals surface area contributed by atoms with Gasteiger partial charge in [0, 0.05) is 0 Å². The average molecular weight is 212 g/mol. The Morgan fingerprint density at radius 2 is 2.17 bits per heavy atom. The van der Waals surface area contributed by atoms with Gasteiger partial charge in [-0.1, -0.05) is 0 Å². The number of hydrogen-bond donors (Lipinski definition) is 0. The molecule has 0 unspecified atom stereocenters. The Labute approximate surface area is 67.5 Å². The zero-order valence-electron chi connectivity index (χ0n) is 4.96. The molecule has 0 saturated heterocycles. The molecule has 0 N–H and O–H groups in total. The molecule has 34 valence electrons. The van der Waals surface area contributed by atoms with E-state index in [2.05, 4.69) is 3.12 Å². The molecule has 0 heterocycles. The van der Waals surface area contributed by atoms with Crippen LogP contribution in [0.2, 0.25) is 0 Å². The summed E-state index contributed by atoms with van der Waals surface area (Å²) in [7, 11) is 0. The molecule has 0 spiro atoms. The fourth-order valence-corrected chi connectivity index (χ4v) is 0. The molecule has 4 nitrogen and oxygen atoms in total. The summed E-state index contributed by atoms with van der Waals surface area (Å²) in [6.45, 7) is 0. The van der Waals surface area contributed by atoms with Crippen molar-refractivity contribution in [3.05, 3.63) is 10.1 Å². The van der Waals surface area contributed by atoms with Crippen LogP contribution in [0, 0.1) is 10.1 Å². The van der Waals surface area contributed by atoms with Gasteiger partial charge in [0.1, 0.15) is 0 Å². The van der Waals surface area contributed by atoms with Crippen molar-refractivity contribution >= 4 is 46.5 Å². The first kappa shape index (κ1) is 9.92. The standard InChI is InChI=1S/Mg.NO3.Sb.4H/c;2-1(3)4;;;;;/q+2;-1;+1;;;2*-1. The topological polar surface area (TPSA) is 52.4 Å². The van der Waals surface area contributed by atoms with E-state index in [4.69, 9.17) is 10.1 Å². The van der Waals surface area contributed by atoms with Crippen molar-refractivity contribution in [1.29, 1.82) is 0 Å². The van der Waals surface area contributed by atoms with Crippen LogP contribution in [0.15, 0.2) is 0 Å². The minimum Gasteiger partial charge on any atom is -1.00 e. The molecule has 0 rings (SSSR count). The van der Waals surface area contributed by atoms with E-state index >= 15 is 0 Å². The minimum absolute atomic E-state index is 0. The molecule has 0 bridgehead atoms. The SMILES string of the molecule is O=[N+]([O-])[O][SbH2].[H-].[H-].[Mg+2]. The third-order valence-electron chi connectivity index (χ3n) is 0.0861. The monoisotopic (exact) mass is 211 g/mol. The van der Waals surface area contributed by atoms with Crippen LogP contribution in [-0.4, -0.2) is 51.6 Å². The zero-order valence-corrected chi connectivity index (χ0v) is 7.67. The van der Waals surface area contributed by atoms with Crippen LogP contribution in [0.1, 0.15) is 2.85 Å². The third kappa shape index (κ3) is 8.84. The van der Waals surface area contributed by atoms with E-state index in [1.807, 2.05) is 0 Å². The molecular weight excluding hydrogens is 208 g/mol. The Balaban J connectivity index is -0.0000000267. The second-order valence-corrected chi connectivity index (χ2v) is 0.931. The van der Waals surface area contributed by atoms with E-state index in [9.17, 15) is 0 Å². The van der Waals surface area contributed by atoms with Gasteiger partial charge in [-0.3, -0.25) is 0 Å². The van der Waals surface area contributed by atoms with Crippen LogP contribution >= 0.6 is 0 Å². The summed E-state index contributed by atoms with van der Waals surface area (Å²) in [6, 6.07) is 0. The largest absolute Gasteiger partial charge is 2.00 e. The molecule has 0 aliphatic rings. The van der Waals surface area contributed by atoms with E-state index in [1.165, 1.54) is 0 Å². The predicted molar refractivity (Wildman–Crippen MR) is 24.6 cm³/mol. The second kappa shape index (κ2) is 5.78. The first-order valence-electron chi connectivity index (χ1n) is 0.783. The molecule has 0 aliphatic heterocycles. The summed E-state index contributed by atoms with van der Waals surface area (Å²) in [4.78, 5) is 8.98. The molecule has 0 radical (unpaired) electrons. The first-order chi connectivity index (χ1) is 2.27. The van der Waals surface area contributed by atoms with Crippen molar-refractivity contribution < 1.29 is 11.1 Å². The van der Waals surface area contributed by atoms with Gasteiger partial charge < -0.3 is 2.85 Å². The molecule has 0 aromatic heterocycles. The normalized spacial score (nSPS) is 5.50. The van der Waals surface area contributed by atoms with Gasteiger partial charge in [0.25, 0.3) is 0 Å². The van der Waals surface area contributed by atoms with E-state index in [-0.39, 0.29) is 49.3 Å². The maximum atomic E-state index is 8.98. The molecule has 0 aliphatic carbocycles. The predicted octanol–water partition coefficient (Wildman–Crippen LogP) is -1.41. The van der Waals surface area contributed by atoms with Crippen LogP contribution < -0.4 is 0 Å². The average Bonchev–Trinajstić information content (AvgIpc) is 1.38. The molecule has 6 heteroatoms. The molecule has 0 aromatic rings. The Morgan fingerprint density at radius 1 is 2.00 bits per heavy atom. The van der Waals surface area contributed by atoms with Crippen LogP contribution in [0.5, 0.6) is 0 Å². The molecule has 0 amide bonds. The van der Waals surface area contributed by atoms with Crippen LogP contribution in [0.3, 0.4) is 0 Å². The summed E-state index contributed by atoms with van der Waals surface area (Å²) in [5, 5.41) is 8.17. The number of hydrogen-bond acceptors (Lipinski definition) is 3. The first-order valence-corrected chi connectivity index (χ1v) is 2.13. The molecule has 0 atom stereocenters. The van der Waals surface area contributed by atoms with Gasteiger partial charge in [-0.2, -0.15) is 0 Å². The van der Waals surface area contributed by atoms with E-state index < -0.39 is 5.09 Å². The Morgan fingerprint density at radius 3 is 2.17 bits per heavy atom. The fourth-order valence-electron chi connectivity index (χ4n) is 0. The quantitative estimate of drug-likeness (QED) is 0.305. The van der Waals surface area contributed by atoms with Crippen molar-refractivity contribution in [2.45, 2.75) is 0 Å². The van der Waals surface area contributed by atoms with Gasteiger partial charge in [0.05, 0.1) is 0 Å². The van der Waals surface area contributed by atoms with Gasteiger partial charge >= 0.3 is 64.8 Å². The molecule has 0 saturated carbocycles. The molecule has 6 heavy (non-hydrogen) atoms. The fraction of sp³-hybridized carbons (Fsp3) is 0. The van der Waals surface area contributed by atoms with Crippen LogP contribution in [0.25, 0.3) is 0 Å². The van der Waals surface area contributed by atoms with Crippen molar-refractivity contribution in [2.24, 2.45) is 0 Å². The van der Waals surface area contributed by atoms with Gasteiger partial charge in [-0.05, 0) is 0 Å². The van der Waals surface area contributed by atoms with Crippen LogP contribution in [0.4, 0.5) is 0 Å². The molecular formula is H4MgNO3Sb. The smallest absolute Gasteiger partial charge is 1.00 e. The summed E-state index contributed by atoms with van der Waals surface area (Å²) >= 11 is 0.227. The zero-order chi connectivity index (χ0) is 4.28. The third-order valence-corrected chi connectivity index (χ3v) is 0.577. The molecule has 0 fully saturated rings. The van der Waals surface area contributed by atoms with Gasteiger partial charge in [-0.25, -0.2) is 0 Å². The summed E-state index contributed by atoms with van der Waals surface area (Å²) in [5.41, 5.74) is 0. The summed E-state index contributed by atoms with van der Waals surface area (Å²) in [6.07, 6.45) is 0. The summed E-state index contributed by atoms with van der Waals surface area (Å²) < 4.78 is 3.60. The van der Waals surface area contributed by atoms with Crippen molar-refractivity contribution in [3.8, 4) is 0 Å². The minimum atomic E-state index is -0.817. The Hall–Kier alpha value is 0.784. The van der Waals surface area contributed by atoms with Crippen molar-refractivity contribution in [1.82, 2.24) is 0 Å². The number of rotatable bonds is 1. The summed E-state index contributed by atoms with van der Waals surface area (Å²) in [5.74, 6) is 0. The van der Waals surface area contributed by atoms with Gasteiger partial charge in [0.2, 0.25) is 0 Å². The Kier molecular flexibility index (Phi) is 9.56. The maximum Gasteiger partial charge on any atom is 2.00 e. The van der Waals surface area contributed by atoms with E-state index in [0.717, 1.165) is 0 Å². The van der Waals surface area contributed by atoms with E-state index in [1.54, 1.807) is 0 Å². The maximum absolute atomic E-state index is 8.98. The second-order valence-electron chi connectivity index (χ2n) is 0.329.